The van der Waals surface area contributed by atoms with E-state index in [-0.39, 0.29) is 23.2 Å². The third-order valence-electron chi connectivity index (χ3n) is 3.63. The summed E-state index contributed by atoms with van der Waals surface area (Å²) < 4.78 is 0. The first kappa shape index (κ1) is 16.9. The molecule has 6 heteroatoms. The second kappa shape index (κ2) is 7.61. The SMILES string of the molecule is CCNc1cccc(C(=O)N(C)C(CC)CC)c1[N+](=O)[O-]. The highest BCUT2D eigenvalue weighted by Gasteiger charge is 2.28. The average molecular weight is 293 g/mol. The van der Waals surface area contributed by atoms with Crippen molar-refractivity contribution in [3.63, 3.8) is 0 Å². The van der Waals surface area contributed by atoms with Crippen LogP contribution in [0.1, 0.15) is 44.0 Å². The summed E-state index contributed by atoms with van der Waals surface area (Å²) in [4.78, 5) is 25.0. The number of carbonyl (C=O) groups is 1. The zero-order chi connectivity index (χ0) is 16.0. The molecule has 0 aliphatic carbocycles. The first-order valence-electron chi connectivity index (χ1n) is 7.26. The predicted octanol–water partition coefficient (Wildman–Crippen LogP) is 3.29. The summed E-state index contributed by atoms with van der Waals surface area (Å²) in [6, 6.07) is 4.88. The average Bonchev–Trinajstić information content (AvgIpc) is 2.47. The molecule has 0 aromatic heterocycles. The minimum absolute atomic E-state index is 0.0832. The van der Waals surface area contributed by atoms with Gasteiger partial charge in [-0.2, -0.15) is 0 Å². The molecule has 0 radical (unpaired) electrons. The Balaban J connectivity index is 3.26. The van der Waals surface area contributed by atoms with E-state index in [9.17, 15) is 14.9 Å². The number of carbonyl (C=O) groups excluding carboxylic acids is 1. The number of benzene rings is 1. The summed E-state index contributed by atoms with van der Waals surface area (Å²) in [7, 11) is 1.70. The molecule has 1 rings (SSSR count). The highest BCUT2D eigenvalue weighted by atomic mass is 16.6. The van der Waals surface area contributed by atoms with Gasteiger partial charge in [-0.3, -0.25) is 14.9 Å². The number of nitro benzene ring substituents is 1. The monoisotopic (exact) mass is 293 g/mol. The van der Waals surface area contributed by atoms with E-state index in [1.165, 1.54) is 6.07 Å². The fourth-order valence-corrected chi connectivity index (χ4v) is 2.44. The van der Waals surface area contributed by atoms with Crippen molar-refractivity contribution >= 4 is 17.3 Å². The maximum atomic E-state index is 12.6. The van der Waals surface area contributed by atoms with Crippen molar-refractivity contribution in [1.82, 2.24) is 4.90 Å². The van der Waals surface area contributed by atoms with Crippen molar-refractivity contribution in [2.75, 3.05) is 18.9 Å². The van der Waals surface area contributed by atoms with Gasteiger partial charge in [0.05, 0.1) is 4.92 Å². The molecule has 0 aliphatic heterocycles. The van der Waals surface area contributed by atoms with Crippen LogP contribution in [0.15, 0.2) is 18.2 Å². The van der Waals surface area contributed by atoms with E-state index < -0.39 is 4.92 Å². The minimum Gasteiger partial charge on any atom is -0.380 e. The number of amides is 1. The Morgan fingerprint density at radius 3 is 2.43 bits per heavy atom. The molecule has 1 aromatic rings. The molecule has 0 atom stereocenters. The first-order valence-corrected chi connectivity index (χ1v) is 7.26. The smallest absolute Gasteiger partial charge is 0.305 e. The van der Waals surface area contributed by atoms with Crippen LogP contribution in [0.5, 0.6) is 0 Å². The Morgan fingerprint density at radius 1 is 1.33 bits per heavy atom. The topological polar surface area (TPSA) is 75.5 Å². The van der Waals surface area contributed by atoms with Gasteiger partial charge in [-0.1, -0.05) is 19.9 Å². The zero-order valence-electron chi connectivity index (χ0n) is 13.0. The van der Waals surface area contributed by atoms with Gasteiger partial charge in [0.2, 0.25) is 0 Å². The Labute approximate surface area is 125 Å². The van der Waals surface area contributed by atoms with E-state index in [0.29, 0.717) is 12.2 Å². The summed E-state index contributed by atoms with van der Waals surface area (Å²) in [5, 5.41) is 14.3. The molecule has 0 aliphatic rings. The van der Waals surface area contributed by atoms with Gasteiger partial charge in [0, 0.05) is 19.6 Å². The van der Waals surface area contributed by atoms with Gasteiger partial charge in [-0.25, -0.2) is 0 Å². The van der Waals surface area contributed by atoms with Crippen molar-refractivity contribution in [3.05, 3.63) is 33.9 Å². The van der Waals surface area contributed by atoms with Crippen LogP contribution < -0.4 is 5.32 Å². The highest BCUT2D eigenvalue weighted by molar-refractivity contribution is 6.00. The zero-order valence-corrected chi connectivity index (χ0v) is 13.0. The normalized spacial score (nSPS) is 10.5. The molecule has 6 nitrogen and oxygen atoms in total. The van der Waals surface area contributed by atoms with Gasteiger partial charge < -0.3 is 10.2 Å². The lowest BCUT2D eigenvalue weighted by molar-refractivity contribution is -0.384. The van der Waals surface area contributed by atoms with Gasteiger partial charge in [0.15, 0.2) is 0 Å². The molecule has 0 fully saturated rings. The second-order valence-electron chi connectivity index (χ2n) is 4.88. The van der Waals surface area contributed by atoms with Crippen LogP contribution in [0, 0.1) is 10.1 Å². The lowest BCUT2D eigenvalue weighted by atomic mass is 10.1. The molecule has 21 heavy (non-hydrogen) atoms. The summed E-state index contributed by atoms with van der Waals surface area (Å²) in [6.07, 6.45) is 1.64. The number of hydrogen-bond donors (Lipinski definition) is 1. The van der Waals surface area contributed by atoms with Crippen LogP contribution in [-0.2, 0) is 0 Å². The molecule has 1 amide bonds. The Morgan fingerprint density at radius 2 is 1.95 bits per heavy atom. The lowest BCUT2D eigenvalue weighted by Crippen LogP contribution is -2.36. The van der Waals surface area contributed by atoms with Gasteiger partial charge in [0.1, 0.15) is 11.3 Å². The van der Waals surface area contributed by atoms with Crippen LogP contribution in [0.25, 0.3) is 0 Å². The minimum atomic E-state index is -0.494. The van der Waals surface area contributed by atoms with Crippen molar-refractivity contribution in [1.29, 1.82) is 0 Å². The lowest BCUT2D eigenvalue weighted by Gasteiger charge is -2.26. The summed E-state index contributed by atoms with van der Waals surface area (Å²) in [5.74, 6) is -0.310. The van der Waals surface area contributed by atoms with Crippen molar-refractivity contribution in [2.24, 2.45) is 0 Å². The molecule has 1 aromatic carbocycles. The van der Waals surface area contributed by atoms with Gasteiger partial charge in [0.25, 0.3) is 5.91 Å². The summed E-state index contributed by atoms with van der Waals surface area (Å²) >= 11 is 0. The fourth-order valence-electron chi connectivity index (χ4n) is 2.44. The number of nitrogens with zero attached hydrogens (tertiary/aromatic N) is 2. The quantitative estimate of drug-likeness (QED) is 0.618. The van der Waals surface area contributed by atoms with E-state index >= 15 is 0 Å². The molecular formula is C15H23N3O3. The molecular weight excluding hydrogens is 270 g/mol. The molecule has 0 saturated heterocycles. The van der Waals surface area contributed by atoms with E-state index in [1.54, 1.807) is 24.1 Å². The van der Waals surface area contributed by atoms with Gasteiger partial charge in [-0.05, 0) is 31.9 Å². The van der Waals surface area contributed by atoms with Crippen LogP contribution in [0.4, 0.5) is 11.4 Å². The Hall–Kier alpha value is -2.11. The third kappa shape index (κ3) is 3.71. The van der Waals surface area contributed by atoms with Gasteiger partial charge in [-0.15, -0.1) is 0 Å². The van der Waals surface area contributed by atoms with Crippen LogP contribution >= 0.6 is 0 Å². The number of rotatable bonds is 7. The third-order valence-corrected chi connectivity index (χ3v) is 3.63. The highest BCUT2D eigenvalue weighted by Crippen LogP contribution is 2.30. The number of hydrogen-bond acceptors (Lipinski definition) is 4. The summed E-state index contributed by atoms with van der Waals surface area (Å²) in [6.45, 7) is 6.41. The van der Waals surface area contributed by atoms with E-state index in [2.05, 4.69) is 5.32 Å². The van der Waals surface area contributed by atoms with Crippen LogP contribution in [0.2, 0.25) is 0 Å². The Bertz CT molecular complexity index is 513. The molecule has 0 heterocycles. The largest absolute Gasteiger partial charge is 0.380 e. The number of anilines is 1. The van der Waals surface area contributed by atoms with Crippen molar-refractivity contribution in [2.45, 2.75) is 39.7 Å². The number of nitro groups is 1. The summed E-state index contributed by atoms with van der Waals surface area (Å²) in [5.41, 5.74) is 0.362. The number of nitrogens with one attached hydrogen (secondary N) is 1. The second-order valence-corrected chi connectivity index (χ2v) is 4.88. The Kier molecular flexibility index (Phi) is 6.14. The van der Waals surface area contributed by atoms with Crippen LogP contribution in [0.3, 0.4) is 0 Å². The molecule has 0 bridgehead atoms. The first-order chi connectivity index (χ1) is 9.97. The maximum absolute atomic E-state index is 12.6. The van der Waals surface area contributed by atoms with Crippen molar-refractivity contribution < 1.29 is 9.72 Å². The molecule has 0 saturated carbocycles. The van der Waals surface area contributed by atoms with Crippen LogP contribution in [-0.4, -0.2) is 35.4 Å². The van der Waals surface area contributed by atoms with Crippen molar-refractivity contribution in [3.8, 4) is 0 Å². The molecule has 0 unspecified atom stereocenters. The molecule has 1 N–H and O–H groups in total. The van der Waals surface area contributed by atoms with E-state index in [0.717, 1.165) is 12.8 Å². The number of para-hydroxylation sites is 1. The predicted molar refractivity (Wildman–Crippen MR) is 83.7 cm³/mol. The molecule has 0 spiro atoms. The van der Waals surface area contributed by atoms with Gasteiger partial charge >= 0.3 is 5.69 Å². The standard InChI is InChI=1S/C15H23N3O3/c1-5-11(6-2)17(4)15(19)12-9-8-10-13(16-7-3)14(12)18(20)21/h8-11,16H,5-7H2,1-4H3. The maximum Gasteiger partial charge on any atom is 0.305 e. The fraction of sp³-hybridized carbons (Fsp3) is 0.533. The molecule has 116 valence electrons. The van der Waals surface area contributed by atoms with E-state index in [1.807, 2.05) is 20.8 Å². The van der Waals surface area contributed by atoms with E-state index in [4.69, 9.17) is 0 Å².